The summed E-state index contributed by atoms with van der Waals surface area (Å²) in [7, 11) is 0. The Hall–Kier alpha value is -4.97. The molecule has 0 spiro atoms. The summed E-state index contributed by atoms with van der Waals surface area (Å²) in [5, 5.41) is 8.75. The maximum absolute atomic E-state index is 10.7. The summed E-state index contributed by atoms with van der Waals surface area (Å²) >= 11 is 0. The molecule has 0 aliphatic rings. The zero-order valence-electron chi connectivity index (χ0n) is 19.9. The molecule has 5 rings (SSSR count). The Bertz CT molecular complexity index is 1370. The van der Waals surface area contributed by atoms with Crippen LogP contribution in [-0.4, -0.2) is 24.3 Å². The molecule has 0 radical (unpaired) electrons. The van der Waals surface area contributed by atoms with Crippen molar-refractivity contribution in [1.82, 2.24) is 0 Å². The summed E-state index contributed by atoms with van der Waals surface area (Å²) in [6, 6.07) is 30.9. The third-order valence-electron chi connectivity index (χ3n) is 5.73. The topological polar surface area (TPSA) is 82.0 Å². The summed E-state index contributed by atoms with van der Waals surface area (Å²) in [5.74, 6) is 1.74. The molecule has 0 bridgehead atoms. The van der Waals surface area contributed by atoms with Crippen LogP contribution in [0.2, 0.25) is 0 Å². The van der Waals surface area contributed by atoms with Gasteiger partial charge in [0.05, 0.1) is 12.5 Å². The van der Waals surface area contributed by atoms with Crippen molar-refractivity contribution in [2.24, 2.45) is 0 Å². The van der Waals surface area contributed by atoms with E-state index in [4.69, 9.17) is 23.4 Å². The van der Waals surface area contributed by atoms with Gasteiger partial charge in [0.1, 0.15) is 29.6 Å². The van der Waals surface area contributed by atoms with E-state index in [-0.39, 0.29) is 6.61 Å². The number of rotatable bonds is 10. The third-order valence-corrected chi connectivity index (χ3v) is 5.73. The molecule has 0 unspecified atom stereocenters. The van der Waals surface area contributed by atoms with Gasteiger partial charge >= 0.3 is 5.97 Å². The van der Waals surface area contributed by atoms with Crippen LogP contribution in [0.3, 0.4) is 0 Å². The number of carboxylic acids is 1. The molecule has 184 valence electrons. The summed E-state index contributed by atoms with van der Waals surface area (Å²) in [6.45, 7) is -0.0474. The van der Waals surface area contributed by atoms with Gasteiger partial charge in [0, 0.05) is 11.1 Å². The van der Waals surface area contributed by atoms with Crippen LogP contribution in [0, 0.1) is 0 Å². The monoisotopic (exact) mass is 492 g/mol. The van der Waals surface area contributed by atoms with E-state index in [0.29, 0.717) is 18.1 Å². The first-order chi connectivity index (χ1) is 18.2. The van der Waals surface area contributed by atoms with Crippen LogP contribution in [0.15, 0.2) is 124 Å². The van der Waals surface area contributed by atoms with Gasteiger partial charge in [-0.1, -0.05) is 48.5 Å². The zero-order valence-corrected chi connectivity index (χ0v) is 19.9. The second kappa shape index (κ2) is 11.2. The van der Waals surface area contributed by atoms with E-state index in [1.165, 1.54) is 0 Å². The van der Waals surface area contributed by atoms with Crippen molar-refractivity contribution in [2.45, 2.75) is 0 Å². The lowest BCUT2D eigenvalue weighted by Crippen LogP contribution is -2.09. The molecule has 0 aliphatic heterocycles. The maximum atomic E-state index is 10.7. The summed E-state index contributed by atoms with van der Waals surface area (Å²) in [5.41, 5.74) is 5.12. The fraction of sp³-hybridized carbons (Fsp3) is 0.0645. The van der Waals surface area contributed by atoms with Crippen LogP contribution in [-0.2, 0) is 4.79 Å². The molecule has 6 heteroatoms. The lowest BCUT2D eigenvalue weighted by atomic mass is 9.95. The van der Waals surface area contributed by atoms with Crippen molar-refractivity contribution >= 4 is 11.5 Å². The van der Waals surface area contributed by atoms with E-state index >= 15 is 0 Å². The van der Waals surface area contributed by atoms with Crippen LogP contribution in [0.5, 0.6) is 11.5 Å². The van der Waals surface area contributed by atoms with Gasteiger partial charge in [0.25, 0.3) is 0 Å². The quantitative estimate of drug-likeness (QED) is 0.222. The molecule has 0 aliphatic carbocycles. The van der Waals surface area contributed by atoms with E-state index in [1.807, 2.05) is 54.6 Å². The first-order valence-electron chi connectivity index (χ1n) is 11.7. The molecular formula is C31H24O6. The summed E-state index contributed by atoms with van der Waals surface area (Å²) < 4.78 is 22.2. The number of hydrogen-bond acceptors (Lipinski definition) is 5. The highest BCUT2D eigenvalue weighted by atomic mass is 16.5. The van der Waals surface area contributed by atoms with Crippen molar-refractivity contribution in [3.8, 4) is 34.1 Å². The molecule has 37 heavy (non-hydrogen) atoms. The van der Waals surface area contributed by atoms with Gasteiger partial charge in [0.15, 0.2) is 6.61 Å². The zero-order chi connectivity index (χ0) is 25.5. The van der Waals surface area contributed by atoms with E-state index in [1.54, 1.807) is 36.8 Å². The maximum Gasteiger partial charge on any atom is 0.341 e. The number of benzene rings is 3. The largest absolute Gasteiger partial charge is 0.490 e. The van der Waals surface area contributed by atoms with E-state index in [2.05, 4.69) is 24.3 Å². The minimum absolute atomic E-state index is 0.338. The Morgan fingerprint density at radius 1 is 0.676 bits per heavy atom. The second-order valence-corrected chi connectivity index (χ2v) is 8.19. The number of aliphatic carboxylic acids is 1. The molecule has 0 saturated heterocycles. The first-order valence-corrected chi connectivity index (χ1v) is 11.7. The van der Waals surface area contributed by atoms with Crippen molar-refractivity contribution in [2.75, 3.05) is 13.2 Å². The van der Waals surface area contributed by atoms with Gasteiger partial charge in [-0.25, -0.2) is 4.79 Å². The lowest BCUT2D eigenvalue weighted by Gasteiger charge is -2.12. The molecule has 5 aromatic rings. The highest BCUT2D eigenvalue weighted by molar-refractivity contribution is 5.81. The van der Waals surface area contributed by atoms with Gasteiger partial charge in [-0.05, 0) is 71.3 Å². The average molecular weight is 493 g/mol. The Kier molecular flexibility index (Phi) is 7.18. The normalized spacial score (nSPS) is 10.6. The van der Waals surface area contributed by atoms with Gasteiger partial charge < -0.3 is 23.4 Å². The van der Waals surface area contributed by atoms with E-state index in [9.17, 15) is 4.79 Å². The van der Waals surface area contributed by atoms with Crippen molar-refractivity contribution in [3.05, 3.63) is 127 Å². The van der Waals surface area contributed by atoms with E-state index < -0.39 is 5.97 Å². The van der Waals surface area contributed by atoms with Crippen LogP contribution >= 0.6 is 0 Å². The molecule has 2 heterocycles. The molecule has 1 N–H and O–H groups in total. The van der Waals surface area contributed by atoms with Crippen LogP contribution in [0.4, 0.5) is 0 Å². The smallest absolute Gasteiger partial charge is 0.341 e. The Labute approximate surface area is 214 Å². The fourth-order valence-corrected chi connectivity index (χ4v) is 3.91. The Balaban J connectivity index is 1.36. The van der Waals surface area contributed by atoms with Gasteiger partial charge in [0.2, 0.25) is 0 Å². The Morgan fingerprint density at radius 2 is 1.16 bits per heavy atom. The fourth-order valence-electron chi connectivity index (χ4n) is 3.91. The molecule has 0 saturated carbocycles. The molecular weight excluding hydrogens is 468 g/mol. The molecule has 0 amide bonds. The van der Waals surface area contributed by atoms with Crippen molar-refractivity contribution < 1.29 is 28.2 Å². The minimum Gasteiger partial charge on any atom is -0.490 e. The third kappa shape index (κ3) is 6.00. The van der Waals surface area contributed by atoms with Crippen LogP contribution in [0.1, 0.15) is 11.1 Å². The number of carboxylic acid groups (broad SMARTS) is 1. The molecule has 0 fully saturated rings. The minimum atomic E-state index is -1.02. The lowest BCUT2D eigenvalue weighted by molar-refractivity contribution is -0.139. The summed E-state index contributed by atoms with van der Waals surface area (Å²) in [4.78, 5) is 10.7. The number of carbonyl (C=O) groups is 1. The molecule has 6 nitrogen and oxygen atoms in total. The number of furan rings is 2. The summed E-state index contributed by atoms with van der Waals surface area (Å²) in [6.07, 6.45) is 5.37. The van der Waals surface area contributed by atoms with E-state index in [0.717, 1.165) is 39.3 Å². The SMILES string of the molecule is O=C(O)COc1ccc(OCC=C(c2ccc(-c3ccco3)cc2)c2ccc(-c3ccco3)cc2)cc1. The average Bonchev–Trinajstić information content (AvgIpc) is 3.66. The van der Waals surface area contributed by atoms with Crippen molar-refractivity contribution in [1.29, 1.82) is 0 Å². The standard InChI is InChI=1S/C31H24O6/c32-31(33)21-37-27-15-13-26(14-16-27)34-20-17-28(22-5-9-24(10-6-22)29-3-1-18-35-29)23-7-11-25(12-8-23)30-4-2-19-36-30/h1-19H,20-21H2,(H,32,33). The Morgan fingerprint density at radius 3 is 1.59 bits per heavy atom. The molecule has 3 aromatic carbocycles. The highest BCUT2D eigenvalue weighted by Gasteiger charge is 2.09. The number of hydrogen-bond donors (Lipinski definition) is 1. The predicted molar refractivity (Wildman–Crippen MR) is 140 cm³/mol. The van der Waals surface area contributed by atoms with Gasteiger partial charge in [-0.2, -0.15) is 0 Å². The second-order valence-electron chi connectivity index (χ2n) is 8.19. The molecule has 2 aromatic heterocycles. The van der Waals surface area contributed by atoms with Crippen LogP contribution in [0.25, 0.3) is 28.2 Å². The van der Waals surface area contributed by atoms with Gasteiger partial charge in [-0.3, -0.25) is 0 Å². The number of ether oxygens (including phenoxy) is 2. The van der Waals surface area contributed by atoms with Gasteiger partial charge in [-0.15, -0.1) is 0 Å². The molecule has 0 atom stereocenters. The van der Waals surface area contributed by atoms with Crippen LogP contribution < -0.4 is 9.47 Å². The van der Waals surface area contributed by atoms with Crippen molar-refractivity contribution in [3.63, 3.8) is 0 Å². The first kappa shape index (κ1) is 23.8. The highest BCUT2D eigenvalue weighted by Crippen LogP contribution is 2.29. The predicted octanol–water partition coefficient (Wildman–Crippen LogP) is 7.18.